The van der Waals surface area contributed by atoms with E-state index in [2.05, 4.69) is 31.3 Å². The van der Waals surface area contributed by atoms with E-state index in [1.54, 1.807) is 0 Å². The monoisotopic (exact) mass is 278 g/mol. The van der Waals surface area contributed by atoms with E-state index in [1.807, 2.05) is 6.07 Å². The van der Waals surface area contributed by atoms with Crippen molar-refractivity contribution in [3.05, 3.63) is 29.3 Å². The molecule has 0 heterocycles. The van der Waals surface area contributed by atoms with Gasteiger partial charge in [-0.25, -0.2) is 0 Å². The Hall–Kier alpha value is -1.09. The van der Waals surface area contributed by atoms with Gasteiger partial charge < -0.3 is 11.1 Å². The first kappa shape index (κ1) is 16.0. The third-order valence-electron chi connectivity index (χ3n) is 3.29. The summed E-state index contributed by atoms with van der Waals surface area (Å²) in [5, 5.41) is 3.45. The molecule has 0 fully saturated rings. The minimum absolute atomic E-state index is 0.467. The molecule has 1 rings (SSSR count). The van der Waals surface area contributed by atoms with E-state index >= 15 is 0 Å². The smallest absolute Gasteiger partial charge is 0.106 e. The maximum atomic E-state index is 5.76. The molecule has 0 aliphatic rings. The average molecular weight is 278 g/mol. The van der Waals surface area contributed by atoms with Crippen molar-refractivity contribution >= 4 is 22.9 Å². The zero-order chi connectivity index (χ0) is 14.1. The van der Waals surface area contributed by atoms with Crippen molar-refractivity contribution in [3.63, 3.8) is 0 Å². The number of hydrogen-bond donors (Lipinski definition) is 2. The van der Waals surface area contributed by atoms with Crippen LogP contribution >= 0.6 is 12.2 Å². The van der Waals surface area contributed by atoms with E-state index in [9.17, 15) is 0 Å². The Balaban J connectivity index is 2.35. The zero-order valence-electron chi connectivity index (χ0n) is 12.2. The second kappa shape index (κ2) is 8.92. The first-order chi connectivity index (χ1) is 9.15. The topological polar surface area (TPSA) is 38.0 Å². The maximum absolute atomic E-state index is 5.76. The predicted molar refractivity (Wildman–Crippen MR) is 88.9 cm³/mol. The molecule has 19 heavy (non-hydrogen) atoms. The molecule has 106 valence electrons. The first-order valence-electron chi connectivity index (χ1n) is 7.29. The molecule has 0 saturated carbocycles. The lowest BCUT2D eigenvalue weighted by Crippen LogP contribution is -2.14. The highest BCUT2D eigenvalue weighted by molar-refractivity contribution is 7.80. The molecule has 0 atom stereocenters. The molecule has 0 amide bonds. The van der Waals surface area contributed by atoms with Gasteiger partial charge in [-0.05, 0) is 25.5 Å². The van der Waals surface area contributed by atoms with Gasteiger partial charge in [-0.2, -0.15) is 0 Å². The third kappa shape index (κ3) is 6.06. The molecule has 0 spiro atoms. The number of nitrogens with one attached hydrogen (secondary N) is 1. The van der Waals surface area contributed by atoms with E-state index in [4.69, 9.17) is 18.0 Å². The molecule has 0 radical (unpaired) electrons. The first-order valence-corrected chi connectivity index (χ1v) is 7.70. The Labute approximate surface area is 122 Å². The van der Waals surface area contributed by atoms with Crippen molar-refractivity contribution in [1.82, 2.24) is 0 Å². The van der Waals surface area contributed by atoms with Crippen LogP contribution in [0, 0.1) is 6.92 Å². The van der Waals surface area contributed by atoms with Gasteiger partial charge in [-0.3, -0.25) is 0 Å². The molecule has 2 nitrogen and oxygen atoms in total. The van der Waals surface area contributed by atoms with Gasteiger partial charge >= 0.3 is 0 Å². The number of unbranched alkanes of at least 4 members (excludes halogenated alkanes) is 5. The summed E-state index contributed by atoms with van der Waals surface area (Å²) < 4.78 is 0. The Morgan fingerprint density at radius 1 is 1.16 bits per heavy atom. The van der Waals surface area contributed by atoms with Crippen molar-refractivity contribution in [1.29, 1.82) is 0 Å². The minimum Gasteiger partial charge on any atom is -0.389 e. The quantitative estimate of drug-likeness (QED) is 0.519. The Morgan fingerprint density at radius 3 is 2.53 bits per heavy atom. The van der Waals surface area contributed by atoms with Gasteiger partial charge in [-0.15, -0.1) is 0 Å². The van der Waals surface area contributed by atoms with Crippen LogP contribution in [0.25, 0.3) is 0 Å². The maximum Gasteiger partial charge on any atom is 0.106 e. The second-order valence-corrected chi connectivity index (χ2v) is 5.55. The lowest BCUT2D eigenvalue weighted by Gasteiger charge is -2.12. The lowest BCUT2D eigenvalue weighted by atomic mass is 10.1. The average Bonchev–Trinajstić information content (AvgIpc) is 2.39. The molecule has 0 saturated heterocycles. The van der Waals surface area contributed by atoms with E-state index in [0.29, 0.717) is 4.99 Å². The van der Waals surface area contributed by atoms with Gasteiger partial charge in [-0.1, -0.05) is 62.9 Å². The third-order valence-corrected chi connectivity index (χ3v) is 3.51. The highest BCUT2D eigenvalue weighted by Gasteiger charge is 2.04. The Morgan fingerprint density at radius 2 is 1.84 bits per heavy atom. The fraction of sp³-hybridized carbons (Fsp3) is 0.562. The molecule has 0 unspecified atom stereocenters. The van der Waals surface area contributed by atoms with Crippen LogP contribution in [-0.4, -0.2) is 11.5 Å². The molecule has 0 aliphatic heterocycles. The van der Waals surface area contributed by atoms with E-state index in [0.717, 1.165) is 17.8 Å². The highest BCUT2D eigenvalue weighted by Crippen LogP contribution is 2.17. The van der Waals surface area contributed by atoms with Gasteiger partial charge in [0, 0.05) is 17.8 Å². The van der Waals surface area contributed by atoms with Gasteiger partial charge in [0.15, 0.2) is 0 Å². The van der Waals surface area contributed by atoms with E-state index in [-0.39, 0.29) is 0 Å². The zero-order valence-corrected chi connectivity index (χ0v) is 13.0. The largest absolute Gasteiger partial charge is 0.389 e. The number of hydrogen-bond acceptors (Lipinski definition) is 2. The molecule has 1 aromatic carbocycles. The van der Waals surface area contributed by atoms with E-state index < -0.39 is 0 Å². The van der Waals surface area contributed by atoms with Crippen LogP contribution in [0.1, 0.15) is 56.6 Å². The van der Waals surface area contributed by atoms with Crippen molar-refractivity contribution in [2.45, 2.75) is 52.4 Å². The van der Waals surface area contributed by atoms with E-state index in [1.165, 1.54) is 44.1 Å². The normalized spacial score (nSPS) is 10.4. The summed E-state index contributed by atoms with van der Waals surface area (Å²) in [7, 11) is 0. The number of rotatable bonds is 9. The molecule has 1 aromatic rings. The number of nitrogens with two attached hydrogens (primary N) is 1. The number of thiocarbonyl (C=S) groups is 1. The molecule has 0 aliphatic carbocycles. The highest BCUT2D eigenvalue weighted by atomic mass is 32.1. The van der Waals surface area contributed by atoms with Crippen LogP contribution in [0.4, 0.5) is 5.69 Å². The molecule has 3 N–H and O–H groups in total. The van der Waals surface area contributed by atoms with Crippen LogP contribution in [0.5, 0.6) is 0 Å². The summed E-state index contributed by atoms with van der Waals surface area (Å²) in [6.45, 7) is 5.29. The van der Waals surface area contributed by atoms with Crippen molar-refractivity contribution in [3.8, 4) is 0 Å². The summed E-state index contributed by atoms with van der Waals surface area (Å²) in [5.74, 6) is 0. The van der Waals surface area contributed by atoms with Crippen molar-refractivity contribution in [2.75, 3.05) is 11.9 Å². The Bertz CT molecular complexity index is 402. The molecular weight excluding hydrogens is 252 g/mol. The summed E-state index contributed by atoms with van der Waals surface area (Å²) >= 11 is 5.10. The minimum atomic E-state index is 0.467. The summed E-state index contributed by atoms with van der Waals surface area (Å²) in [6.07, 6.45) is 7.86. The Kier molecular flexibility index (Phi) is 7.49. The summed E-state index contributed by atoms with van der Waals surface area (Å²) in [5.41, 5.74) is 8.97. The summed E-state index contributed by atoms with van der Waals surface area (Å²) in [6, 6.07) is 6.21. The van der Waals surface area contributed by atoms with Gasteiger partial charge in [0.1, 0.15) is 4.99 Å². The van der Waals surface area contributed by atoms with Crippen molar-refractivity contribution < 1.29 is 0 Å². The van der Waals surface area contributed by atoms with Crippen LogP contribution in [0.3, 0.4) is 0 Å². The fourth-order valence-corrected chi connectivity index (χ4v) is 2.31. The number of anilines is 1. The van der Waals surface area contributed by atoms with Crippen LogP contribution in [0.2, 0.25) is 0 Å². The van der Waals surface area contributed by atoms with Crippen LogP contribution in [-0.2, 0) is 0 Å². The molecule has 0 bridgehead atoms. The standard InChI is InChI=1S/C16H26N2S/c1-3-4-5-6-7-8-11-18-15-10-9-13(2)12-14(15)16(17)19/h9-10,12,18H,3-8,11H2,1-2H3,(H2,17,19). The predicted octanol–water partition coefficient (Wildman–Crippen LogP) is 4.40. The molecular formula is C16H26N2S. The summed E-state index contributed by atoms with van der Waals surface area (Å²) in [4.78, 5) is 0.467. The van der Waals surface area contributed by atoms with Gasteiger partial charge in [0.25, 0.3) is 0 Å². The SMILES string of the molecule is CCCCCCCCNc1ccc(C)cc1C(N)=S. The molecule has 0 aromatic heterocycles. The van der Waals surface area contributed by atoms with Gasteiger partial charge in [0.05, 0.1) is 0 Å². The van der Waals surface area contributed by atoms with Crippen molar-refractivity contribution in [2.24, 2.45) is 5.73 Å². The molecule has 3 heteroatoms. The second-order valence-electron chi connectivity index (χ2n) is 5.11. The number of benzene rings is 1. The number of aryl methyl sites for hydroxylation is 1. The lowest BCUT2D eigenvalue weighted by molar-refractivity contribution is 0.617. The van der Waals surface area contributed by atoms with Crippen LogP contribution < -0.4 is 11.1 Å². The fourth-order valence-electron chi connectivity index (χ4n) is 2.14. The van der Waals surface area contributed by atoms with Crippen LogP contribution in [0.15, 0.2) is 18.2 Å². The van der Waals surface area contributed by atoms with Gasteiger partial charge in [0.2, 0.25) is 0 Å².